The van der Waals surface area contributed by atoms with Crippen molar-refractivity contribution in [1.82, 2.24) is 10.2 Å². The number of nitrogens with one attached hydrogen (secondary N) is 1. The van der Waals surface area contributed by atoms with Crippen LogP contribution in [0.5, 0.6) is 0 Å². The van der Waals surface area contributed by atoms with Gasteiger partial charge in [0.25, 0.3) is 0 Å². The van der Waals surface area contributed by atoms with Crippen LogP contribution in [-0.2, 0) is 17.9 Å². The molecule has 1 aliphatic carbocycles. The summed E-state index contributed by atoms with van der Waals surface area (Å²) < 4.78 is 94.2. The van der Waals surface area contributed by atoms with Gasteiger partial charge >= 0.3 is 12.4 Å². The summed E-state index contributed by atoms with van der Waals surface area (Å²) in [6.07, 6.45) is -4.25. The maximum atomic E-state index is 13.5. The first-order chi connectivity index (χ1) is 20.3. The minimum absolute atomic E-state index is 0.00979. The monoisotopic (exact) mass is 606 g/mol. The highest BCUT2D eigenvalue weighted by Gasteiger charge is 2.40. The standard InChI is InChI=1S/C34H37F7N2/c1-23(26-19-28(33(36,37)38)21-29(20-26)34(39,40)41)22-42-32(27-5-3-2-4-6-27)15-11-31(12-16-32)43-17-13-25(14-18-43)24-7-9-30(35)10-8-24/h2-10,19-21,23,25,31,42H,11-18,22H2,1H3. The van der Waals surface area contributed by atoms with Crippen molar-refractivity contribution in [3.63, 3.8) is 0 Å². The summed E-state index contributed by atoms with van der Waals surface area (Å²) in [7, 11) is 0. The largest absolute Gasteiger partial charge is 0.416 e. The van der Waals surface area contributed by atoms with Crippen LogP contribution in [0.2, 0.25) is 0 Å². The van der Waals surface area contributed by atoms with Gasteiger partial charge in [-0.2, -0.15) is 26.3 Å². The molecule has 1 atom stereocenters. The van der Waals surface area contributed by atoms with Crippen molar-refractivity contribution in [3.05, 3.63) is 106 Å². The first-order valence-corrected chi connectivity index (χ1v) is 14.9. The van der Waals surface area contributed by atoms with Crippen LogP contribution < -0.4 is 5.32 Å². The Morgan fingerprint density at radius 3 is 1.88 bits per heavy atom. The second kappa shape index (κ2) is 12.6. The maximum Gasteiger partial charge on any atom is 0.416 e. The predicted molar refractivity (Wildman–Crippen MR) is 153 cm³/mol. The molecule has 1 heterocycles. The molecule has 1 aliphatic heterocycles. The Labute approximate surface area is 248 Å². The number of nitrogens with zero attached hydrogens (tertiary/aromatic N) is 1. The highest BCUT2D eigenvalue weighted by Crippen LogP contribution is 2.42. The van der Waals surface area contributed by atoms with Gasteiger partial charge in [-0.1, -0.05) is 49.4 Å². The maximum absolute atomic E-state index is 13.5. The number of hydrogen-bond donors (Lipinski definition) is 1. The highest BCUT2D eigenvalue weighted by atomic mass is 19.4. The van der Waals surface area contributed by atoms with Crippen LogP contribution in [0.4, 0.5) is 30.7 Å². The molecule has 0 spiro atoms. The molecular formula is C34H37F7N2. The second-order valence-electron chi connectivity index (χ2n) is 12.2. The van der Waals surface area contributed by atoms with Gasteiger partial charge in [0.2, 0.25) is 0 Å². The summed E-state index contributed by atoms with van der Waals surface area (Å²) in [5.74, 6) is -0.387. The summed E-state index contributed by atoms with van der Waals surface area (Å²) in [5.41, 5.74) is -0.732. The molecule has 0 radical (unpaired) electrons. The fourth-order valence-corrected chi connectivity index (χ4v) is 6.85. The van der Waals surface area contributed by atoms with Gasteiger partial charge < -0.3 is 10.2 Å². The molecule has 232 valence electrons. The topological polar surface area (TPSA) is 15.3 Å². The summed E-state index contributed by atoms with van der Waals surface area (Å²) >= 11 is 0. The highest BCUT2D eigenvalue weighted by molar-refractivity contribution is 5.36. The van der Waals surface area contributed by atoms with Gasteiger partial charge in [-0.25, -0.2) is 4.39 Å². The van der Waals surface area contributed by atoms with E-state index in [2.05, 4.69) is 10.2 Å². The summed E-state index contributed by atoms with van der Waals surface area (Å²) in [6, 6.07) is 19.0. The first-order valence-electron chi connectivity index (χ1n) is 14.9. The SMILES string of the molecule is CC(CNC1(c2ccccc2)CCC(N2CCC(c3ccc(F)cc3)CC2)CC1)c1cc(C(F)(F)F)cc(C(F)(F)F)c1. The molecule has 1 saturated heterocycles. The zero-order valence-electron chi connectivity index (χ0n) is 24.1. The van der Waals surface area contributed by atoms with Crippen LogP contribution in [0.1, 0.15) is 85.1 Å². The molecule has 1 N–H and O–H groups in total. The summed E-state index contributed by atoms with van der Waals surface area (Å²) in [5, 5.41) is 3.61. The van der Waals surface area contributed by atoms with Gasteiger partial charge in [0.1, 0.15) is 5.82 Å². The van der Waals surface area contributed by atoms with E-state index in [0.29, 0.717) is 12.0 Å². The average Bonchev–Trinajstić information content (AvgIpc) is 3.00. The molecule has 1 unspecified atom stereocenters. The number of alkyl halides is 6. The third-order valence-corrected chi connectivity index (χ3v) is 9.45. The van der Waals surface area contributed by atoms with Crippen LogP contribution in [0.25, 0.3) is 0 Å². The van der Waals surface area contributed by atoms with Crippen LogP contribution in [-0.4, -0.2) is 30.6 Å². The van der Waals surface area contributed by atoms with E-state index in [1.807, 2.05) is 42.5 Å². The van der Waals surface area contributed by atoms with Crippen molar-refractivity contribution >= 4 is 0 Å². The van der Waals surface area contributed by atoms with Crippen molar-refractivity contribution in [1.29, 1.82) is 0 Å². The van der Waals surface area contributed by atoms with E-state index in [1.165, 1.54) is 17.7 Å². The van der Waals surface area contributed by atoms with E-state index in [0.717, 1.165) is 69.3 Å². The molecule has 3 aromatic rings. The van der Waals surface area contributed by atoms with Crippen LogP contribution in [0.3, 0.4) is 0 Å². The molecule has 5 rings (SSSR count). The van der Waals surface area contributed by atoms with E-state index >= 15 is 0 Å². The number of halogens is 7. The Morgan fingerprint density at radius 2 is 1.35 bits per heavy atom. The number of piperidine rings is 1. The lowest BCUT2D eigenvalue weighted by atomic mass is 9.73. The molecule has 9 heteroatoms. The summed E-state index contributed by atoms with van der Waals surface area (Å²) in [4.78, 5) is 2.54. The number of rotatable bonds is 7. The van der Waals surface area contributed by atoms with Gasteiger partial charge in [-0.3, -0.25) is 0 Å². The predicted octanol–water partition coefficient (Wildman–Crippen LogP) is 9.27. The minimum Gasteiger partial charge on any atom is -0.307 e. The molecule has 0 aromatic heterocycles. The number of hydrogen-bond acceptors (Lipinski definition) is 2. The molecule has 0 amide bonds. The molecule has 2 nitrogen and oxygen atoms in total. The van der Waals surface area contributed by atoms with Crippen molar-refractivity contribution in [3.8, 4) is 0 Å². The average molecular weight is 607 g/mol. The minimum atomic E-state index is -4.87. The van der Waals surface area contributed by atoms with Gasteiger partial charge in [0.05, 0.1) is 11.1 Å². The molecule has 2 fully saturated rings. The lowest BCUT2D eigenvalue weighted by Gasteiger charge is -2.46. The van der Waals surface area contributed by atoms with Gasteiger partial charge in [-0.05, 0) is 110 Å². The van der Waals surface area contributed by atoms with E-state index < -0.39 is 34.9 Å². The zero-order valence-corrected chi connectivity index (χ0v) is 24.1. The normalized spacial score (nSPS) is 23.3. The third kappa shape index (κ3) is 7.43. The third-order valence-electron chi connectivity index (χ3n) is 9.45. The summed E-state index contributed by atoms with van der Waals surface area (Å²) in [6.45, 7) is 3.83. The zero-order chi connectivity index (χ0) is 30.8. The number of likely N-dealkylation sites (tertiary alicyclic amines) is 1. The molecule has 1 saturated carbocycles. The molecule has 2 aliphatic rings. The Kier molecular flexibility index (Phi) is 9.23. The van der Waals surface area contributed by atoms with Gasteiger partial charge in [0, 0.05) is 18.1 Å². The Morgan fingerprint density at radius 1 is 0.791 bits per heavy atom. The van der Waals surface area contributed by atoms with E-state index in [9.17, 15) is 30.7 Å². The quantitative estimate of drug-likeness (QED) is 0.270. The fraction of sp³-hybridized carbons (Fsp3) is 0.471. The molecule has 43 heavy (non-hydrogen) atoms. The fourth-order valence-electron chi connectivity index (χ4n) is 6.85. The molecule has 0 bridgehead atoms. The van der Waals surface area contributed by atoms with Crippen LogP contribution in [0, 0.1) is 5.82 Å². The van der Waals surface area contributed by atoms with E-state index in [4.69, 9.17) is 0 Å². The Bertz CT molecular complexity index is 1300. The lowest BCUT2D eigenvalue weighted by molar-refractivity contribution is -0.143. The first kappa shape index (κ1) is 31.5. The second-order valence-corrected chi connectivity index (χ2v) is 12.2. The van der Waals surface area contributed by atoms with Gasteiger partial charge in [-0.15, -0.1) is 0 Å². The Hall–Kier alpha value is -2.91. The van der Waals surface area contributed by atoms with Crippen LogP contribution >= 0.6 is 0 Å². The smallest absolute Gasteiger partial charge is 0.307 e. The van der Waals surface area contributed by atoms with E-state index in [-0.39, 0.29) is 24.0 Å². The number of benzene rings is 3. The van der Waals surface area contributed by atoms with E-state index in [1.54, 1.807) is 6.92 Å². The van der Waals surface area contributed by atoms with Crippen LogP contribution in [0.15, 0.2) is 72.8 Å². The van der Waals surface area contributed by atoms with Crippen molar-refractivity contribution in [2.75, 3.05) is 19.6 Å². The van der Waals surface area contributed by atoms with Crippen molar-refractivity contribution in [2.45, 2.75) is 81.2 Å². The van der Waals surface area contributed by atoms with Gasteiger partial charge in [0.15, 0.2) is 0 Å². The lowest BCUT2D eigenvalue weighted by Crippen LogP contribution is -2.51. The molecular weight excluding hydrogens is 569 g/mol. The van der Waals surface area contributed by atoms with Crippen molar-refractivity contribution in [2.24, 2.45) is 0 Å². The van der Waals surface area contributed by atoms with Crippen molar-refractivity contribution < 1.29 is 30.7 Å². The Balaban J connectivity index is 1.27. The molecule has 3 aromatic carbocycles.